The van der Waals surface area contributed by atoms with Gasteiger partial charge in [0, 0.05) is 5.69 Å². The molecule has 0 aliphatic rings. The molecule has 0 saturated heterocycles. The molecule has 26 heavy (non-hydrogen) atoms. The summed E-state index contributed by atoms with van der Waals surface area (Å²) in [5, 5.41) is 11.7. The van der Waals surface area contributed by atoms with E-state index in [1.54, 1.807) is 24.3 Å². The number of ether oxygens (including phenoxy) is 1. The van der Waals surface area contributed by atoms with Crippen LogP contribution in [0.15, 0.2) is 72.8 Å². The van der Waals surface area contributed by atoms with E-state index in [0.717, 1.165) is 5.56 Å². The van der Waals surface area contributed by atoms with Crippen LogP contribution < -0.4 is 10.1 Å². The Labute approximate surface area is 152 Å². The van der Waals surface area contributed by atoms with Gasteiger partial charge in [-0.25, -0.2) is 0 Å². The average Bonchev–Trinajstić information content (AvgIpc) is 2.68. The summed E-state index contributed by atoms with van der Waals surface area (Å²) < 4.78 is 5.43. The summed E-state index contributed by atoms with van der Waals surface area (Å²) in [5.74, 6) is 0.241. The van der Waals surface area contributed by atoms with E-state index in [2.05, 4.69) is 24.4 Å². The van der Waals surface area contributed by atoms with E-state index in [-0.39, 0.29) is 12.5 Å². The fourth-order valence-electron chi connectivity index (χ4n) is 2.63. The molecule has 0 bridgehead atoms. The molecule has 4 nitrogen and oxygen atoms in total. The van der Waals surface area contributed by atoms with Crippen LogP contribution in [-0.2, 0) is 4.79 Å². The van der Waals surface area contributed by atoms with Gasteiger partial charge in [0.2, 0.25) is 0 Å². The molecule has 1 N–H and O–H groups in total. The van der Waals surface area contributed by atoms with Crippen molar-refractivity contribution in [2.45, 2.75) is 6.92 Å². The van der Waals surface area contributed by atoms with E-state index in [1.165, 1.54) is 11.1 Å². The zero-order valence-electron chi connectivity index (χ0n) is 14.4. The van der Waals surface area contributed by atoms with Gasteiger partial charge in [-0.15, -0.1) is 0 Å². The summed E-state index contributed by atoms with van der Waals surface area (Å²) in [6.07, 6.45) is 0. The van der Waals surface area contributed by atoms with Crippen molar-refractivity contribution in [3.05, 3.63) is 83.9 Å². The maximum Gasteiger partial charge on any atom is 0.262 e. The molecule has 128 valence electrons. The van der Waals surface area contributed by atoms with Crippen molar-refractivity contribution in [1.29, 1.82) is 5.26 Å². The van der Waals surface area contributed by atoms with Crippen molar-refractivity contribution in [2.75, 3.05) is 11.9 Å². The smallest absolute Gasteiger partial charge is 0.262 e. The van der Waals surface area contributed by atoms with Gasteiger partial charge in [0.05, 0.1) is 11.6 Å². The SMILES string of the molecule is Cc1ccccc1-c1ccc(NC(=O)COc2cccc(C#N)c2)cc1. The highest BCUT2D eigenvalue weighted by molar-refractivity contribution is 5.92. The number of hydrogen-bond acceptors (Lipinski definition) is 3. The van der Waals surface area contributed by atoms with Gasteiger partial charge in [-0.05, 0) is 53.9 Å². The Hall–Kier alpha value is -3.58. The maximum absolute atomic E-state index is 12.0. The Morgan fingerprint density at radius 1 is 1.04 bits per heavy atom. The average molecular weight is 342 g/mol. The highest BCUT2D eigenvalue weighted by Crippen LogP contribution is 2.24. The van der Waals surface area contributed by atoms with Crippen LogP contribution in [0.25, 0.3) is 11.1 Å². The molecule has 3 rings (SSSR count). The topological polar surface area (TPSA) is 62.1 Å². The highest BCUT2D eigenvalue weighted by atomic mass is 16.5. The molecule has 0 fully saturated rings. The summed E-state index contributed by atoms with van der Waals surface area (Å²) in [5.41, 5.74) is 4.69. The van der Waals surface area contributed by atoms with Crippen molar-refractivity contribution in [1.82, 2.24) is 0 Å². The number of carbonyl (C=O) groups is 1. The van der Waals surface area contributed by atoms with Gasteiger partial charge < -0.3 is 10.1 Å². The molecule has 0 saturated carbocycles. The standard InChI is InChI=1S/C22H18N2O2/c1-16-5-2-3-8-21(16)18-9-11-19(12-10-18)24-22(25)15-26-20-7-4-6-17(13-20)14-23/h2-13H,15H2,1H3,(H,24,25). The Bertz CT molecular complexity index is 956. The fraction of sp³-hybridized carbons (Fsp3) is 0.0909. The van der Waals surface area contributed by atoms with E-state index in [9.17, 15) is 4.79 Å². The van der Waals surface area contributed by atoms with Crippen molar-refractivity contribution in [3.8, 4) is 22.9 Å². The van der Waals surface area contributed by atoms with Crippen LogP contribution in [0, 0.1) is 18.3 Å². The molecule has 4 heteroatoms. The van der Waals surface area contributed by atoms with Crippen LogP contribution in [0.2, 0.25) is 0 Å². The molecule has 3 aromatic carbocycles. The number of amides is 1. The van der Waals surface area contributed by atoms with Gasteiger partial charge in [-0.1, -0.05) is 42.5 Å². The predicted molar refractivity (Wildman–Crippen MR) is 102 cm³/mol. The monoisotopic (exact) mass is 342 g/mol. The molecule has 0 atom stereocenters. The zero-order valence-corrected chi connectivity index (χ0v) is 14.4. The first-order valence-corrected chi connectivity index (χ1v) is 8.24. The van der Waals surface area contributed by atoms with Crippen LogP contribution >= 0.6 is 0 Å². The largest absolute Gasteiger partial charge is 0.484 e. The molecular weight excluding hydrogens is 324 g/mol. The second kappa shape index (κ2) is 8.00. The molecule has 0 aliphatic heterocycles. The summed E-state index contributed by atoms with van der Waals surface area (Å²) >= 11 is 0. The van der Waals surface area contributed by atoms with Crippen LogP contribution in [0.3, 0.4) is 0 Å². The molecule has 0 radical (unpaired) electrons. The minimum Gasteiger partial charge on any atom is -0.484 e. The van der Waals surface area contributed by atoms with E-state index in [0.29, 0.717) is 17.0 Å². The van der Waals surface area contributed by atoms with Crippen LogP contribution in [0.1, 0.15) is 11.1 Å². The van der Waals surface area contributed by atoms with Gasteiger partial charge >= 0.3 is 0 Å². The third-order valence-corrected chi connectivity index (χ3v) is 3.96. The van der Waals surface area contributed by atoms with E-state index < -0.39 is 0 Å². The van der Waals surface area contributed by atoms with Crippen molar-refractivity contribution < 1.29 is 9.53 Å². The number of benzene rings is 3. The third-order valence-electron chi connectivity index (χ3n) is 3.96. The van der Waals surface area contributed by atoms with E-state index in [4.69, 9.17) is 10.00 Å². The molecule has 0 aromatic heterocycles. The van der Waals surface area contributed by atoms with Crippen LogP contribution in [0.5, 0.6) is 5.75 Å². The summed E-state index contributed by atoms with van der Waals surface area (Å²) in [6, 6.07) is 24.6. The van der Waals surface area contributed by atoms with Crippen molar-refractivity contribution in [3.63, 3.8) is 0 Å². The van der Waals surface area contributed by atoms with E-state index >= 15 is 0 Å². The maximum atomic E-state index is 12.0. The Morgan fingerprint density at radius 3 is 2.54 bits per heavy atom. The molecule has 1 amide bonds. The highest BCUT2D eigenvalue weighted by Gasteiger charge is 2.06. The van der Waals surface area contributed by atoms with Gasteiger partial charge in [0.25, 0.3) is 5.91 Å². The zero-order chi connectivity index (χ0) is 18.4. The number of aryl methyl sites for hydroxylation is 1. The molecule has 0 aliphatic carbocycles. The molecule has 3 aromatic rings. The van der Waals surface area contributed by atoms with Gasteiger partial charge in [0.1, 0.15) is 5.75 Å². The lowest BCUT2D eigenvalue weighted by molar-refractivity contribution is -0.118. The second-order valence-corrected chi connectivity index (χ2v) is 5.87. The summed E-state index contributed by atoms with van der Waals surface area (Å²) in [6.45, 7) is 1.96. The first kappa shape index (κ1) is 17.2. The molecule has 0 spiro atoms. The van der Waals surface area contributed by atoms with Gasteiger partial charge in [-0.3, -0.25) is 4.79 Å². The number of hydrogen-bond donors (Lipinski definition) is 1. The Kier molecular flexibility index (Phi) is 5.31. The van der Waals surface area contributed by atoms with Gasteiger partial charge in [0.15, 0.2) is 6.61 Å². The number of rotatable bonds is 5. The van der Waals surface area contributed by atoms with E-state index in [1.807, 2.05) is 42.5 Å². The van der Waals surface area contributed by atoms with Gasteiger partial charge in [-0.2, -0.15) is 5.26 Å². The van der Waals surface area contributed by atoms with Crippen LogP contribution in [-0.4, -0.2) is 12.5 Å². The molecule has 0 unspecified atom stereocenters. The van der Waals surface area contributed by atoms with Crippen molar-refractivity contribution in [2.24, 2.45) is 0 Å². The quantitative estimate of drug-likeness (QED) is 0.740. The fourth-order valence-corrected chi connectivity index (χ4v) is 2.63. The minimum absolute atomic E-state index is 0.117. The number of carbonyl (C=O) groups excluding carboxylic acids is 1. The Morgan fingerprint density at radius 2 is 1.81 bits per heavy atom. The molecule has 0 heterocycles. The first-order chi connectivity index (χ1) is 12.7. The summed E-state index contributed by atoms with van der Waals surface area (Å²) in [4.78, 5) is 12.0. The van der Waals surface area contributed by atoms with Crippen molar-refractivity contribution >= 4 is 11.6 Å². The number of nitrogens with one attached hydrogen (secondary N) is 1. The first-order valence-electron chi connectivity index (χ1n) is 8.24. The third kappa shape index (κ3) is 4.28. The number of nitrogens with zero attached hydrogens (tertiary/aromatic N) is 1. The lowest BCUT2D eigenvalue weighted by Crippen LogP contribution is -2.20. The lowest BCUT2D eigenvalue weighted by atomic mass is 10.0. The predicted octanol–water partition coefficient (Wildman–Crippen LogP) is 4.55. The molecular formula is C22H18N2O2. The minimum atomic E-state index is -0.254. The summed E-state index contributed by atoms with van der Waals surface area (Å²) in [7, 11) is 0. The lowest BCUT2D eigenvalue weighted by Gasteiger charge is -2.09. The van der Waals surface area contributed by atoms with Crippen LogP contribution in [0.4, 0.5) is 5.69 Å². The Balaban J connectivity index is 1.59. The second-order valence-electron chi connectivity index (χ2n) is 5.87. The number of nitriles is 1. The normalized spacial score (nSPS) is 10.0. The number of anilines is 1.